The van der Waals surface area contributed by atoms with E-state index in [-0.39, 0.29) is 16.5 Å². The fourth-order valence-electron chi connectivity index (χ4n) is 3.61. The summed E-state index contributed by atoms with van der Waals surface area (Å²) in [6.45, 7) is 5.59. The molecule has 2 aliphatic rings. The first-order valence-corrected chi connectivity index (χ1v) is 13.3. The van der Waals surface area contributed by atoms with Crippen LogP contribution >= 0.6 is 11.3 Å². The van der Waals surface area contributed by atoms with Gasteiger partial charge in [-0.1, -0.05) is 12.1 Å². The zero-order valence-electron chi connectivity index (χ0n) is 18.0. The normalized spacial score (nSPS) is 18.2. The number of benzene rings is 1. The number of nitrogens with zero attached hydrogens (tertiary/aromatic N) is 4. The van der Waals surface area contributed by atoms with Crippen molar-refractivity contribution in [3.63, 3.8) is 0 Å². The summed E-state index contributed by atoms with van der Waals surface area (Å²) in [5, 5.41) is 9.84. The average Bonchev–Trinajstić information content (AvgIpc) is 3.44. The van der Waals surface area contributed by atoms with Crippen LogP contribution in [0.15, 0.2) is 40.5 Å². The van der Waals surface area contributed by atoms with Gasteiger partial charge in [0, 0.05) is 55.6 Å². The maximum Gasteiger partial charge on any atom is 0.278 e. The highest BCUT2D eigenvalue weighted by Gasteiger charge is 2.21. The first kappa shape index (κ1) is 22.8. The summed E-state index contributed by atoms with van der Waals surface area (Å²) in [6, 6.07) is 6.25. The minimum Gasteiger partial charge on any atom is -0.379 e. The molecule has 1 N–H and O–H groups in total. The van der Waals surface area contributed by atoms with Crippen LogP contribution in [0.25, 0.3) is 0 Å². The number of thiazole rings is 1. The number of sulfone groups is 1. The predicted molar refractivity (Wildman–Crippen MR) is 124 cm³/mol. The van der Waals surface area contributed by atoms with Crippen molar-refractivity contribution in [3.05, 3.63) is 40.9 Å². The van der Waals surface area contributed by atoms with Gasteiger partial charge in [0.1, 0.15) is 0 Å². The molecule has 2 saturated heterocycles. The SMILES string of the molecule is CS(=O)(=O)c1ccc(/C(=N\N2CCCC2)C(=O)Nc2ncc(CN3CCOCC3)s2)cc1. The van der Waals surface area contributed by atoms with Crippen molar-refractivity contribution in [2.45, 2.75) is 24.3 Å². The topological polar surface area (TPSA) is 104 Å². The van der Waals surface area contributed by atoms with Crippen molar-refractivity contribution in [2.24, 2.45) is 5.10 Å². The molecule has 0 bridgehead atoms. The summed E-state index contributed by atoms with van der Waals surface area (Å²) in [5.74, 6) is -0.365. The van der Waals surface area contributed by atoms with Crippen molar-refractivity contribution in [1.82, 2.24) is 14.9 Å². The number of carbonyl (C=O) groups is 1. The Labute approximate surface area is 192 Å². The van der Waals surface area contributed by atoms with E-state index in [1.165, 1.54) is 23.5 Å². The highest BCUT2D eigenvalue weighted by molar-refractivity contribution is 7.90. The van der Waals surface area contributed by atoms with Crippen LogP contribution in [0.3, 0.4) is 0 Å². The third-order valence-electron chi connectivity index (χ3n) is 5.35. The Morgan fingerprint density at radius 1 is 1.16 bits per heavy atom. The number of ether oxygens (including phenoxy) is 1. The zero-order chi connectivity index (χ0) is 22.6. The molecule has 1 aromatic carbocycles. The van der Waals surface area contributed by atoms with Crippen molar-refractivity contribution < 1.29 is 17.9 Å². The van der Waals surface area contributed by atoms with Crippen LogP contribution in [0.4, 0.5) is 5.13 Å². The highest BCUT2D eigenvalue weighted by atomic mass is 32.2. The fourth-order valence-corrected chi connectivity index (χ4v) is 5.09. The molecule has 2 fully saturated rings. The standard InChI is InChI=1S/C21H27N5O4S2/c1-32(28,29)18-6-4-16(5-7-18)19(24-26-8-2-3-9-26)20(27)23-21-22-14-17(31-21)15-25-10-12-30-13-11-25/h4-7,14H,2-3,8-13,15H2,1H3,(H,22,23,27)/b24-19+. The fraction of sp³-hybridized carbons (Fsp3) is 0.476. The van der Waals surface area contributed by atoms with Gasteiger partial charge >= 0.3 is 0 Å². The predicted octanol–water partition coefficient (Wildman–Crippen LogP) is 1.82. The van der Waals surface area contributed by atoms with E-state index in [0.29, 0.717) is 10.7 Å². The van der Waals surface area contributed by atoms with E-state index in [9.17, 15) is 13.2 Å². The van der Waals surface area contributed by atoms with Gasteiger partial charge in [-0.25, -0.2) is 13.4 Å². The molecule has 32 heavy (non-hydrogen) atoms. The molecule has 0 spiro atoms. The molecule has 9 nitrogen and oxygen atoms in total. The van der Waals surface area contributed by atoms with Crippen molar-refractivity contribution in [1.29, 1.82) is 0 Å². The monoisotopic (exact) mass is 477 g/mol. The first-order valence-electron chi connectivity index (χ1n) is 10.6. The number of hydrazone groups is 1. The Balaban J connectivity index is 1.50. The molecular formula is C21H27N5O4S2. The summed E-state index contributed by atoms with van der Waals surface area (Å²) < 4.78 is 28.9. The molecule has 3 heterocycles. The molecule has 1 aromatic heterocycles. The average molecular weight is 478 g/mol. The molecule has 0 saturated carbocycles. The molecule has 1 amide bonds. The molecule has 172 valence electrons. The lowest BCUT2D eigenvalue weighted by Crippen LogP contribution is -2.35. The van der Waals surface area contributed by atoms with Gasteiger partial charge in [0.2, 0.25) is 0 Å². The quantitative estimate of drug-likeness (QED) is 0.607. The minimum atomic E-state index is -3.32. The van der Waals surface area contributed by atoms with Crippen LogP contribution in [0.1, 0.15) is 23.3 Å². The Bertz CT molecular complexity index is 1070. The number of amides is 1. The van der Waals surface area contributed by atoms with Crippen LogP contribution in [0.2, 0.25) is 0 Å². The van der Waals surface area contributed by atoms with E-state index in [1.54, 1.807) is 18.3 Å². The Morgan fingerprint density at radius 2 is 1.84 bits per heavy atom. The molecule has 0 atom stereocenters. The third kappa shape index (κ3) is 5.91. The maximum atomic E-state index is 13.1. The number of anilines is 1. The zero-order valence-corrected chi connectivity index (χ0v) is 19.6. The summed E-state index contributed by atoms with van der Waals surface area (Å²) >= 11 is 1.44. The van der Waals surface area contributed by atoms with Gasteiger partial charge in [0.25, 0.3) is 5.91 Å². The van der Waals surface area contributed by atoms with Crippen molar-refractivity contribution >= 4 is 37.9 Å². The largest absolute Gasteiger partial charge is 0.379 e. The molecular weight excluding hydrogens is 450 g/mol. The number of nitrogens with one attached hydrogen (secondary N) is 1. The Kier molecular flexibility index (Phi) is 7.19. The van der Waals surface area contributed by atoms with Crippen molar-refractivity contribution in [3.8, 4) is 0 Å². The van der Waals surface area contributed by atoms with E-state index >= 15 is 0 Å². The van der Waals surface area contributed by atoms with E-state index in [4.69, 9.17) is 4.74 Å². The number of morpholine rings is 1. The first-order chi connectivity index (χ1) is 15.4. The van der Waals surface area contributed by atoms with Crippen LogP contribution in [0.5, 0.6) is 0 Å². The van der Waals surface area contributed by atoms with Crippen LogP contribution in [0, 0.1) is 0 Å². The molecule has 2 aromatic rings. The lowest BCUT2D eigenvalue weighted by atomic mass is 10.1. The van der Waals surface area contributed by atoms with E-state index in [2.05, 4.69) is 20.3 Å². The van der Waals surface area contributed by atoms with Crippen LogP contribution in [-0.2, 0) is 25.9 Å². The van der Waals surface area contributed by atoms with E-state index < -0.39 is 9.84 Å². The van der Waals surface area contributed by atoms with Gasteiger partial charge < -0.3 is 4.74 Å². The Hall–Kier alpha value is -2.34. The third-order valence-corrected chi connectivity index (χ3v) is 7.38. The Morgan fingerprint density at radius 3 is 2.50 bits per heavy atom. The van der Waals surface area contributed by atoms with E-state index in [0.717, 1.165) is 69.9 Å². The summed E-state index contributed by atoms with van der Waals surface area (Å²) in [5.41, 5.74) is 0.809. The van der Waals surface area contributed by atoms with Gasteiger partial charge in [0.05, 0.1) is 18.1 Å². The molecule has 11 heteroatoms. The number of hydrogen-bond donors (Lipinski definition) is 1. The molecule has 0 radical (unpaired) electrons. The van der Waals surface area contributed by atoms with E-state index in [1.807, 2.05) is 5.01 Å². The van der Waals surface area contributed by atoms with Crippen LogP contribution < -0.4 is 5.32 Å². The number of rotatable bonds is 7. The molecule has 4 rings (SSSR count). The second kappa shape index (κ2) is 10.1. The van der Waals surface area contributed by atoms with Gasteiger partial charge in [0.15, 0.2) is 20.7 Å². The van der Waals surface area contributed by atoms with Crippen molar-refractivity contribution in [2.75, 3.05) is 51.0 Å². The lowest BCUT2D eigenvalue weighted by molar-refractivity contribution is -0.110. The smallest absolute Gasteiger partial charge is 0.278 e. The molecule has 0 unspecified atom stereocenters. The number of hydrogen-bond acceptors (Lipinski definition) is 9. The second-order valence-corrected chi connectivity index (χ2v) is 11.0. The van der Waals surface area contributed by atoms with Gasteiger partial charge in [-0.05, 0) is 25.0 Å². The summed E-state index contributed by atoms with van der Waals surface area (Å²) in [4.78, 5) is 21.1. The van der Waals surface area contributed by atoms with Gasteiger partial charge in [-0.3, -0.25) is 20.0 Å². The molecule has 0 aliphatic carbocycles. The van der Waals surface area contributed by atoms with Gasteiger partial charge in [-0.15, -0.1) is 11.3 Å². The lowest BCUT2D eigenvalue weighted by Gasteiger charge is -2.25. The molecule has 2 aliphatic heterocycles. The van der Waals surface area contributed by atoms with Gasteiger partial charge in [-0.2, -0.15) is 5.10 Å². The second-order valence-electron chi connectivity index (χ2n) is 7.88. The summed E-state index contributed by atoms with van der Waals surface area (Å²) in [6.07, 6.45) is 5.00. The number of carbonyl (C=O) groups excluding carboxylic acids is 1. The number of aromatic nitrogens is 1. The van der Waals surface area contributed by atoms with Crippen LogP contribution in [-0.4, -0.2) is 80.6 Å². The summed E-state index contributed by atoms with van der Waals surface area (Å²) in [7, 11) is -3.32. The highest BCUT2D eigenvalue weighted by Crippen LogP contribution is 2.21. The minimum absolute atomic E-state index is 0.204. The maximum absolute atomic E-state index is 13.1.